The molecular formula is C40H53N5O9S. The zero-order valence-corrected chi connectivity index (χ0v) is 33.3. The second-order valence-electron chi connectivity index (χ2n) is 16.5. The zero-order valence-electron chi connectivity index (χ0n) is 32.5. The molecule has 1 aromatic carbocycles. The van der Waals surface area contributed by atoms with Gasteiger partial charge in [-0.3, -0.25) is 24.1 Å². The number of amides is 4. The van der Waals surface area contributed by atoms with E-state index in [4.69, 9.17) is 19.2 Å². The topological polar surface area (TPSA) is 182 Å². The summed E-state index contributed by atoms with van der Waals surface area (Å²) in [5.74, 6) is -1.95. The van der Waals surface area contributed by atoms with Gasteiger partial charge in [0.05, 0.1) is 24.6 Å². The summed E-state index contributed by atoms with van der Waals surface area (Å²) in [6.07, 6.45) is 6.62. The largest absolute Gasteiger partial charge is 0.496 e. The highest BCUT2D eigenvalue weighted by atomic mass is 32.2. The molecule has 1 aliphatic heterocycles. The second kappa shape index (κ2) is 15.2. The van der Waals surface area contributed by atoms with Crippen LogP contribution in [-0.2, 0) is 39.5 Å². The fraction of sp³-hybridized carbons (Fsp3) is 0.575. The van der Waals surface area contributed by atoms with E-state index in [0.29, 0.717) is 29.8 Å². The van der Waals surface area contributed by atoms with E-state index in [-0.39, 0.29) is 25.5 Å². The molecule has 0 spiro atoms. The molecule has 2 aromatic rings. The van der Waals surface area contributed by atoms with Crippen LogP contribution in [-0.4, -0.2) is 91.9 Å². The van der Waals surface area contributed by atoms with Crippen LogP contribution in [0.2, 0.25) is 0 Å². The Balaban J connectivity index is 1.33. The fourth-order valence-corrected chi connectivity index (χ4v) is 9.16. The summed E-state index contributed by atoms with van der Waals surface area (Å²) in [6, 6.07) is 7.13. The Kier molecular flexibility index (Phi) is 11.1. The SMILES string of the molecule is C=C[C@@H]1C[C@]1(NC(=O)[C@@H]1C[C@@](OC)(c2ccc(-c3cc(C)ccc3OC)nc2)CN1C(=O)[C@@H](NC(=O)OC1CCCC1)C(C)(C)C)C(=O)NS(=O)(=O)C1CC1. The van der Waals surface area contributed by atoms with E-state index in [1.807, 2.05) is 37.3 Å². The third-order valence-electron chi connectivity index (χ3n) is 11.4. The minimum atomic E-state index is -3.91. The summed E-state index contributed by atoms with van der Waals surface area (Å²) in [7, 11) is -0.835. The number of carbonyl (C=O) groups excluding carboxylic acids is 4. The van der Waals surface area contributed by atoms with Crippen LogP contribution in [0.1, 0.15) is 83.3 Å². The first-order chi connectivity index (χ1) is 26.0. The van der Waals surface area contributed by atoms with Crippen LogP contribution in [0.4, 0.5) is 4.79 Å². The lowest BCUT2D eigenvalue weighted by molar-refractivity contribution is -0.143. The molecule has 3 saturated carbocycles. The maximum atomic E-state index is 14.8. The Morgan fingerprint density at radius 1 is 1.04 bits per heavy atom. The predicted molar refractivity (Wildman–Crippen MR) is 204 cm³/mol. The smallest absolute Gasteiger partial charge is 0.408 e. The average molecular weight is 780 g/mol. The van der Waals surface area contributed by atoms with E-state index in [0.717, 1.165) is 36.8 Å². The van der Waals surface area contributed by atoms with Crippen molar-refractivity contribution in [2.45, 2.75) is 114 Å². The Bertz CT molecular complexity index is 1940. The number of carbonyl (C=O) groups is 4. The minimum absolute atomic E-state index is 0.0317. The molecule has 0 bridgehead atoms. The van der Waals surface area contributed by atoms with Crippen molar-refractivity contribution < 1.29 is 41.8 Å². The average Bonchev–Trinajstić information content (AvgIpc) is 4.03. The molecule has 55 heavy (non-hydrogen) atoms. The van der Waals surface area contributed by atoms with E-state index >= 15 is 0 Å². The number of nitrogens with one attached hydrogen (secondary N) is 3. The molecule has 0 radical (unpaired) electrons. The summed E-state index contributed by atoms with van der Waals surface area (Å²) in [5, 5.41) is 4.97. The first-order valence-corrected chi connectivity index (χ1v) is 20.5. The number of pyridine rings is 1. The second-order valence-corrected chi connectivity index (χ2v) is 18.4. The van der Waals surface area contributed by atoms with E-state index in [2.05, 4.69) is 21.9 Å². The van der Waals surface area contributed by atoms with Crippen LogP contribution in [0.5, 0.6) is 5.75 Å². The maximum absolute atomic E-state index is 14.8. The molecule has 3 N–H and O–H groups in total. The van der Waals surface area contributed by atoms with Crippen molar-refractivity contribution in [3.05, 3.63) is 60.3 Å². The number of rotatable bonds is 13. The van der Waals surface area contributed by atoms with Gasteiger partial charge in [-0.1, -0.05) is 44.5 Å². The molecule has 2 heterocycles. The maximum Gasteiger partial charge on any atom is 0.408 e. The van der Waals surface area contributed by atoms with Crippen LogP contribution in [0.25, 0.3) is 11.3 Å². The summed E-state index contributed by atoms with van der Waals surface area (Å²) in [6.45, 7) is 11.1. The molecule has 0 unspecified atom stereocenters. The summed E-state index contributed by atoms with van der Waals surface area (Å²) >= 11 is 0. The molecule has 15 heteroatoms. The highest BCUT2D eigenvalue weighted by Crippen LogP contribution is 2.47. The number of hydrogen-bond donors (Lipinski definition) is 3. The molecular weight excluding hydrogens is 727 g/mol. The predicted octanol–water partition coefficient (Wildman–Crippen LogP) is 4.26. The van der Waals surface area contributed by atoms with Crippen molar-refractivity contribution >= 4 is 33.8 Å². The van der Waals surface area contributed by atoms with Crippen molar-refractivity contribution in [3.8, 4) is 17.0 Å². The van der Waals surface area contributed by atoms with Gasteiger partial charge in [-0.25, -0.2) is 13.2 Å². The number of methoxy groups -OCH3 is 2. The zero-order chi connectivity index (χ0) is 39.9. The van der Waals surface area contributed by atoms with Gasteiger partial charge in [-0.15, -0.1) is 6.58 Å². The highest BCUT2D eigenvalue weighted by molar-refractivity contribution is 7.91. The number of aromatic nitrogens is 1. The molecule has 4 fully saturated rings. The third kappa shape index (κ3) is 8.23. The van der Waals surface area contributed by atoms with Gasteiger partial charge in [0.1, 0.15) is 35.1 Å². The molecule has 6 rings (SSSR count). The van der Waals surface area contributed by atoms with Crippen molar-refractivity contribution in [2.24, 2.45) is 11.3 Å². The lowest BCUT2D eigenvalue weighted by Crippen LogP contribution is -2.60. The molecule has 14 nitrogen and oxygen atoms in total. The molecule has 3 aliphatic carbocycles. The number of likely N-dealkylation sites (tertiary alicyclic amines) is 1. The molecule has 1 saturated heterocycles. The first kappa shape index (κ1) is 40.2. The van der Waals surface area contributed by atoms with Crippen molar-refractivity contribution in [1.82, 2.24) is 25.2 Å². The standard InChI is InChI=1S/C40H53N5O9S/c1-8-25-20-40(25,36(48)44-55(50,51)28-15-16-28)43-34(46)31-21-39(53-7,26-14-17-30(41-22-26)29-19-24(2)13-18-32(29)52-6)23-45(31)35(47)33(38(3,4)5)42-37(49)54-27-11-9-10-12-27/h8,13-14,17-19,22,25,27-28,31,33H,1,9-12,15-16,20-21,23H2,2-7H3,(H,42,49)(H,43,46)(H,44,48)/t25-,31+,33-,39+,40-/m1/s1. The number of alkyl carbamates (subject to hydrolysis) is 1. The van der Waals surface area contributed by atoms with Crippen LogP contribution in [0.15, 0.2) is 49.2 Å². The molecule has 298 valence electrons. The Morgan fingerprint density at radius 2 is 1.75 bits per heavy atom. The number of ether oxygens (including phenoxy) is 3. The van der Waals surface area contributed by atoms with Crippen molar-refractivity contribution in [2.75, 3.05) is 20.8 Å². The number of nitrogens with zero attached hydrogens (tertiary/aromatic N) is 2. The van der Waals surface area contributed by atoms with Gasteiger partial charge >= 0.3 is 6.09 Å². The Labute approximate surface area is 323 Å². The monoisotopic (exact) mass is 779 g/mol. The van der Waals surface area contributed by atoms with Gasteiger partial charge in [0.15, 0.2) is 0 Å². The van der Waals surface area contributed by atoms with Crippen molar-refractivity contribution in [3.63, 3.8) is 0 Å². The van der Waals surface area contributed by atoms with E-state index < -0.39 is 73.6 Å². The van der Waals surface area contributed by atoms with Crippen LogP contribution >= 0.6 is 0 Å². The normalized spacial score (nSPS) is 25.8. The fourth-order valence-electron chi connectivity index (χ4n) is 7.80. The summed E-state index contributed by atoms with van der Waals surface area (Å²) in [4.78, 5) is 62.2. The molecule has 4 aliphatic rings. The Hall–Kier alpha value is -4.50. The van der Waals surface area contributed by atoms with Crippen LogP contribution in [0.3, 0.4) is 0 Å². The van der Waals surface area contributed by atoms with E-state index in [1.165, 1.54) is 18.1 Å². The van der Waals surface area contributed by atoms with Gasteiger partial charge in [-0.2, -0.15) is 0 Å². The van der Waals surface area contributed by atoms with Gasteiger partial charge in [0, 0.05) is 36.8 Å². The lowest BCUT2D eigenvalue weighted by Gasteiger charge is -2.36. The minimum Gasteiger partial charge on any atom is -0.496 e. The van der Waals surface area contributed by atoms with Crippen LogP contribution < -0.4 is 20.1 Å². The number of aryl methyl sites for hydroxylation is 1. The number of sulfonamides is 1. The number of benzene rings is 1. The molecule has 1 aromatic heterocycles. The van der Waals surface area contributed by atoms with Crippen molar-refractivity contribution in [1.29, 1.82) is 0 Å². The van der Waals surface area contributed by atoms with Gasteiger partial charge in [0.25, 0.3) is 5.91 Å². The lowest BCUT2D eigenvalue weighted by atomic mass is 9.85. The van der Waals surface area contributed by atoms with Gasteiger partial charge in [0.2, 0.25) is 21.8 Å². The third-order valence-corrected chi connectivity index (χ3v) is 13.2. The van der Waals surface area contributed by atoms with Gasteiger partial charge in [-0.05, 0) is 75.5 Å². The quantitative estimate of drug-likeness (QED) is 0.249. The summed E-state index contributed by atoms with van der Waals surface area (Å²) < 4.78 is 45.2. The highest BCUT2D eigenvalue weighted by Gasteiger charge is 2.63. The number of hydrogen-bond acceptors (Lipinski definition) is 10. The van der Waals surface area contributed by atoms with E-state index in [1.54, 1.807) is 34.1 Å². The molecule has 5 atom stereocenters. The molecule has 4 amide bonds. The Morgan fingerprint density at radius 3 is 2.31 bits per heavy atom. The van der Waals surface area contributed by atoms with Gasteiger partial charge < -0.3 is 29.7 Å². The van der Waals surface area contributed by atoms with Crippen LogP contribution in [0, 0.1) is 18.3 Å². The first-order valence-electron chi connectivity index (χ1n) is 18.9. The van der Waals surface area contributed by atoms with E-state index in [9.17, 15) is 27.6 Å². The summed E-state index contributed by atoms with van der Waals surface area (Å²) in [5.41, 5.74) is -0.573.